The van der Waals surface area contributed by atoms with E-state index in [0.717, 1.165) is 57.2 Å². The lowest BCUT2D eigenvalue weighted by Crippen LogP contribution is -2.47. The number of aromatic nitrogens is 1. The molecule has 0 atom stereocenters. The van der Waals surface area contributed by atoms with Crippen LogP contribution in [0.25, 0.3) is 0 Å². The number of pyridine rings is 1. The number of halogens is 1. The monoisotopic (exact) mass is 310 g/mol. The number of hydrogen-bond donors (Lipinski definition) is 1. The van der Waals surface area contributed by atoms with Gasteiger partial charge >= 0.3 is 0 Å². The molecule has 0 radical (unpaired) electrons. The number of amides is 1. The van der Waals surface area contributed by atoms with Crippen LogP contribution in [0.3, 0.4) is 0 Å². The molecule has 0 saturated carbocycles. The van der Waals surface area contributed by atoms with Gasteiger partial charge < -0.3 is 10.2 Å². The molecular formula is C15H23ClN4O. The number of anilines is 1. The summed E-state index contributed by atoms with van der Waals surface area (Å²) in [6.45, 7) is 8.67. The van der Waals surface area contributed by atoms with E-state index < -0.39 is 0 Å². The van der Waals surface area contributed by atoms with E-state index >= 15 is 0 Å². The molecule has 1 aromatic rings. The zero-order valence-electron chi connectivity index (χ0n) is 12.7. The second-order valence-corrected chi connectivity index (χ2v) is 5.74. The molecule has 1 aliphatic rings. The lowest BCUT2D eigenvalue weighted by molar-refractivity contribution is -0.130. The summed E-state index contributed by atoms with van der Waals surface area (Å²) in [6, 6.07) is 3.81. The maximum absolute atomic E-state index is 11.3. The van der Waals surface area contributed by atoms with Crippen molar-refractivity contribution in [2.45, 2.75) is 26.8 Å². The largest absolute Gasteiger partial charge is 0.370 e. The maximum Gasteiger partial charge on any atom is 0.219 e. The summed E-state index contributed by atoms with van der Waals surface area (Å²) < 4.78 is 0. The smallest absolute Gasteiger partial charge is 0.219 e. The number of carbonyl (C=O) groups is 1. The third-order valence-electron chi connectivity index (χ3n) is 3.67. The Morgan fingerprint density at radius 1 is 1.33 bits per heavy atom. The first-order chi connectivity index (χ1) is 10.1. The third kappa shape index (κ3) is 4.58. The Hall–Kier alpha value is -1.33. The third-order valence-corrected chi connectivity index (χ3v) is 4.01. The second-order valence-electron chi connectivity index (χ2n) is 5.33. The number of hydrogen-bond acceptors (Lipinski definition) is 4. The first-order valence-electron chi connectivity index (χ1n) is 7.47. The van der Waals surface area contributed by atoms with Crippen LogP contribution in [0.4, 0.5) is 5.82 Å². The van der Waals surface area contributed by atoms with Crippen molar-refractivity contribution in [1.29, 1.82) is 0 Å². The molecule has 2 heterocycles. The zero-order valence-corrected chi connectivity index (χ0v) is 13.5. The summed E-state index contributed by atoms with van der Waals surface area (Å²) in [7, 11) is 0. The second kappa shape index (κ2) is 7.61. The van der Waals surface area contributed by atoms with Crippen molar-refractivity contribution < 1.29 is 4.79 Å². The van der Waals surface area contributed by atoms with E-state index in [0.29, 0.717) is 5.02 Å². The summed E-state index contributed by atoms with van der Waals surface area (Å²) in [4.78, 5) is 20.1. The van der Waals surface area contributed by atoms with Gasteiger partial charge in [0.25, 0.3) is 0 Å². The van der Waals surface area contributed by atoms with Crippen LogP contribution >= 0.6 is 11.6 Å². The average molecular weight is 311 g/mol. The molecule has 1 saturated heterocycles. The minimum absolute atomic E-state index is 0.150. The molecule has 0 bridgehead atoms. The van der Waals surface area contributed by atoms with E-state index in [2.05, 4.69) is 22.1 Å². The summed E-state index contributed by atoms with van der Waals surface area (Å²) >= 11 is 6.25. The molecule has 1 fully saturated rings. The van der Waals surface area contributed by atoms with Crippen LogP contribution in [0.5, 0.6) is 0 Å². The molecule has 6 heteroatoms. The van der Waals surface area contributed by atoms with Gasteiger partial charge in [-0.15, -0.1) is 0 Å². The van der Waals surface area contributed by atoms with Gasteiger partial charge in [-0.25, -0.2) is 4.98 Å². The molecular weight excluding hydrogens is 288 g/mol. The molecule has 5 nitrogen and oxygen atoms in total. The molecule has 0 aromatic carbocycles. The highest BCUT2D eigenvalue weighted by Crippen LogP contribution is 2.19. The molecule has 116 valence electrons. The fraction of sp³-hybridized carbons (Fsp3) is 0.600. The lowest BCUT2D eigenvalue weighted by Gasteiger charge is -2.34. The molecule has 1 N–H and O–H groups in total. The highest BCUT2D eigenvalue weighted by molar-refractivity contribution is 6.31. The number of rotatable bonds is 5. The van der Waals surface area contributed by atoms with Gasteiger partial charge in [0.2, 0.25) is 5.91 Å². The van der Waals surface area contributed by atoms with Crippen LogP contribution in [0, 0.1) is 0 Å². The van der Waals surface area contributed by atoms with E-state index in [-0.39, 0.29) is 5.91 Å². The SMILES string of the molecule is CCCNc1ccc(Cl)c(CN2CCN(C(C)=O)CC2)n1. The van der Waals surface area contributed by atoms with E-state index in [9.17, 15) is 4.79 Å². The van der Waals surface area contributed by atoms with Crippen molar-refractivity contribution >= 4 is 23.3 Å². The normalized spacial score (nSPS) is 16.0. The van der Waals surface area contributed by atoms with Crippen molar-refractivity contribution in [2.24, 2.45) is 0 Å². The Labute approximate surface area is 131 Å². The van der Waals surface area contributed by atoms with Crippen LogP contribution in [0.1, 0.15) is 26.0 Å². The Kier molecular flexibility index (Phi) is 5.82. The summed E-state index contributed by atoms with van der Waals surface area (Å²) in [5, 5.41) is 3.98. The van der Waals surface area contributed by atoms with E-state index in [1.165, 1.54) is 0 Å². The fourth-order valence-corrected chi connectivity index (χ4v) is 2.54. The van der Waals surface area contributed by atoms with Crippen LogP contribution in [0.2, 0.25) is 5.02 Å². The van der Waals surface area contributed by atoms with Crippen molar-refractivity contribution in [3.8, 4) is 0 Å². The van der Waals surface area contributed by atoms with Gasteiger partial charge in [0, 0.05) is 46.2 Å². The Morgan fingerprint density at radius 2 is 2.05 bits per heavy atom. The Balaban J connectivity index is 1.95. The van der Waals surface area contributed by atoms with E-state index in [4.69, 9.17) is 11.6 Å². The predicted molar refractivity (Wildman–Crippen MR) is 85.6 cm³/mol. The number of piperazine rings is 1. The van der Waals surface area contributed by atoms with Crippen LogP contribution < -0.4 is 5.32 Å². The van der Waals surface area contributed by atoms with Gasteiger partial charge in [-0.3, -0.25) is 9.69 Å². The number of nitrogens with zero attached hydrogens (tertiary/aromatic N) is 3. The van der Waals surface area contributed by atoms with E-state index in [1.807, 2.05) is 17.0 Å². The van der Waals surface area contributed by atoms with Gasteiger partial charge in [-0.05, 0) is 18.6 Å². The van der Waals surface area contributed by atoms with Gasteiger partial charge in [-0.2, -0.15) is 0 Å². The van der Waals surface area contributed by atoms with Crippen molar-refractivity contribution in [3.63, 3.8) is 0 Å². The first kappa shape index (κ1) is 16.0. The lowest BCUT2D eigenvalue weighted by atomic mass is 10.2. The molecule has 0 unspecified atom stereocenters. The fourth-order valence-electron chi connectivity index (χ4n) is 2.38. The summed E-state index contributed by atoms with van der Waals surface area (Å²) in [6.07, 6.45) is 1.06. The summed E-state index contributed by atoms with van der Waals surface area (Å²) in [5.41, 5.74) is 0.897. The molecule has 0 spiro atoms. The van der Waals surface area contributed by atoms with Crippen molar-refractivity contribution in [1.82, 2.24) is 14.8 Å². The highest BCUT2D eigenvalue weighted by Gasteiger charge is 2.19. The van der Waals surface area contributed by atoms with Gasteiger partial charge in [0.05, 0.1) is 10.7 Å². The minimum Gasteiger partial charge on any atom is -0.370 e. The van der Waals surface area contributed by atoms with Crippen molar-refractivity contribution in [3.05, 3.63) is 22.8 Å². The Morgan fingerprint density at radius 3 is 2.67 bits per heavy atom. The Bertz CT molecular complexity index is 487. The predicted octanol–water partition coefficient (Wildman–Crippen LogP) is 2.22. The number of carbonyl (C=O) groups excluding carboxylic acids is 1. The quantitative estimate of drug-likeness (QED) is 0.906. The molecule has 1 aliphatic heterocycles. The van der Waals surface area contributed by atoms with Crippen molar-refractivity contribution in [2.75, 3.05) is 38.0 Å². The number of nitrogens with one attached hydrogen (secondary N) is 1. The average Bonchev–Trinajstić information content (AvgIpc) is 2.48. The van der Waals surface area contributed by atoms with Gasteiger partial charge in [0.15, 0.2) is 0 Å². The first-order valence-corrected chi connectivity index (χ1v) is 7.85. The molecule has 0 aliphatic carbocycles. The summed E-state index contributed by atoms with van der Waals surface area (Å²) in [5.74, 6) is 1.02. The van der Waals surface area contributed by atoms with Crippen LogP contribution in [-0.2, 0) is 11.3 Å². The highest BCUT2D eigenvalue weighted by atomic mass is 35.5. The van der Waals surface area contributed by atoms with Crippen LogP contribution in [0.15, 0.2) is 12.1 Å². The molecule has 1 aromatic heterocycles. The molecule has 21 heavy (non-hydrogen) atoms. The zero-order chi connectivity index (χ0) is 15.2. The molecule has 2 rings (SSSR count). The standard InChI is InChI=1S/C15H23ClN4O/c1-3-6-17-15-5-4-13(16)14(18-15)11-19-7-9-20(10-8-19)12(2)21/h4-5H,3,6-11H2,1-2H3,(H,17,18). The molecule has 1 amide bonds. The minimum atomic E-state index is 0.150. The van der Waals surface area contributed by atoms with Gasteiger partial charge in [0.1, 0.15) is 5.82 Å². The maximum atomic E-state index is 11.3. The van der Waals surface area contributed by atoms with E-state index in [1.54, 1.807) is 6.92 Å². The van der Waals surface area contributed by atoms with Gasteiger partial charge in [-0.1, -0.05) is 18.5 Å². The topological polar surface area (TPSA) is 48.5 Å². The van der Waals surface area contributed by atoms with Crippen LogP contribution in [-0.4, -0.2) is 53.4 Å².